The van der Waals surface area contributed by atoms with Crippen LogP contribution in [-0.4, -0.2) is 37.7 Å². The van der Waals surface area contributed by atoms with E-state index in [4.69, 9.17) is 19.2 Å². The minimum atomic E-state index is -4.64. The zero-order valence-corrected chi connectivity index (χ0v) is 10.8. The molecule has 0 bridgehead atoms. The van der Waals surface area contributed by atoms with Crippen molar-refractivity contribution in [1.82, 2.24) is 12.3 Å². The van der Waals surface area contributed by atoms with Gasteiger partial charge in [-0.15, -0.1) is 0 Å². The van der Waals surface area contributed by atoms with Crippen LogP contribution >= 0.6 is 7.82 Å². The molecule has 6 nitrogen and oxygen atoms in total. The first-order valence-corrected chi connectivity index (χ1v) is 2.35. The van der Waals surface area contributed by atoms with Crippen molar-refractivity contribution in [2.75, 3.05) is 0 Å². The van der Waals surface area contributed by atoms with E-state index in [2.05, 4.69) is 0 Å². The Morgan fingerprint density at radius 3 is 1.11 bits per heavy atom. The summed E-state index contributed by atoms with van der Waals surface area (Å²) in [6.45, 7) is 0. The summed E-state index contributed by atoms with van der Waals surface area (Å²) in [7, 11) is -4.64. The molecule has 0 saturated carbocycles. The predicted molar refractivity (Wildman–Crippen MR) is 33.4 cm³/mol. The Balaban J connectivity index is -0.00000000381. The number of rotatable bonds is 0. The van der Waals surface area contributed by atoms with Crippen molar-refractivity contribution in [1.29, 1.82) is 0 Å². The van der Waals surface area contributed by atoms with Crippen LogP contribution in [0.3, 0.4) is 0 Å². The molecule has 54 valence electrons. The first kappa shape index (κ1) is 30.1. The van der Waals surface area contributed by atoms with Crippen molar-refractivity contribution < 1.29 is 74.9 Å². The molecule has 0 aliphatic rings. The summed E-state index contributed by atoms with van der Waals surface area (Å²) in [5.74, 6) is 0. The van der Waals surface area contributed by atoms with E-state index in [1.807, 2.05) is 0 Å². The van der Waals surface area contributed by atoms with E-state index < -0.39 is 7.82 Å². The van der Waals surface area contributed by atoms with Crippen LogP contribution in [0.15, 0.2) is 0 Å². The van der Waals surface area contributed by atoms with E-state index in [0.717, 1.165) is 0 Å². The molecule has 0 aromatic heterocycles. The molecule has 0 aromatic carbocycles. The first-order valence-electron chi connectivity index (χ1n) is 0.783. The molecule has 0 spiro atoms. The molecule has 0 amide bonds. The minimum Gasteiger partial charge on any atom is -1.00 e. The first-order chi connectivity index (χ1) is 2.00. The fourth-order valence-electron chi connectivity index (χ4n) is 0. The molecular weight excluding hydrogens is 186 g/mol. The van der Waals surface area contributed by atoms with Crippen LogP contribution in [0.4, 0.5) is 0 Å². The smallest absolute Gasteiger partial charge is 1.00 e. The summed E-state index contributed by atoms with van der Waals surface area (Å²) in [5.41, 5.74) is 0. The van der Waals surface area contributed by atoms with Gasteiger partial charge in [-0.1, -0.05) is 0 Å². The maximum Gasteiger partial charge on any atom is 2.00 e. The topological polar surface area (TPSA) is 148 Å². The van der Waals surface area contributed by atoms with Crippen LogP contribution in [-0.2, 0) is 4.57 Å². The van der Waals surface area contributed by atoms with Gasteiger partial charge in [-0.3, -0.25) is 0 Å². The molecular formula is H12KMgN2O4P. The van der Waals surface area contributed by atoms with Gasteiger partial charge in [0.25, 0.3) is 0 Å². The van der Waals surface area contributed by atoms with Crippen molar-refractivity contribution in [3.63, 3.8) is 0 Å². The molecule has 9 heavy (non-hydrogen) atoms. The van der Waals surface area contributed by atoms with Crippen LogP contribution in [0.2, 0.25) is 0 Å². The van der Waals surface area contributed by atoms with Crippen molar-refractivity contribution in [3.05, 3.63) is 0 Å². The molecule has 0 rings (SSSR count). The largest absolute Gasteiger partial charge is 2.00 e. The van der Waals surface area contributed by atoms with Gasteiger partial charge in [0.2, 0.25) is 0 Å². The number of hydrogen-bond donors (Lipinski definition) is 5. The third-order valence-corrected chi connectivity index (χ3v) is 0. The Hall–Kier alpha value is 2.43. The monoisotopic (exact) mass is 198 g/mol. The summed E-state index contributed by atoms with van der Waals surface area (Å²) < 4.78 is 8.88. The van der Waals surface area contributed by atoms with Gasteiger partial charge < -0.3 is 31.3 Å². The van der Waals surface area contributed by atoms with Gasteiger partial charge in [0, 0.05) is 0 Å². The molecule has 0 fully saturated rings. The average molecular weight is 198 g/mol. The fourth-order valence-corrected chi connectivity index (χ4v) is 0. The van der Waals surface area contributed by atoms with E-state index in [1.165, 1.54) is 0 Å². The second kappa shape index (κ2) is 13.1. The van der Waals surface area contributed by atoms with Gasteiger partial charge in [-0.2, -0.15) is 0 Å². The van der Waals surface area contributed by atoms with Crippen LogP contribution < -0.4 is 63.7 Å². The maximum atomic E-state index is 8.88. The van der Waals surface area contributed by atoms with E-state index in [9.17, 15) is 0 Å². The van der Waals surface area contributed by atoms with Gasteiger partial charge in [-0.05, 0) is 0 Å². The molecule has 0 radical (unpaired) electrons. The second-order valence-corrected chi connectivity index (χ2v) is 1.54. The zero-order valence-electron chi connectivity index (χ0n) is 8.32. The molecule has 0 unspecified atom stereocenters. The normalized spacial score (nSPS) is 6.56. The van der Waals surface area contributed by atoms with Crippen molar-refractivity contribution in [3.8, 4) is 0 Å². The van der Waals surface area contributed by atoms with E-state index in [1.54, 1.807) is 0 Å². The molecule has 9 heteroatoms. The minimum absolute atomic E-state index is 0. The Morgan fingerprint density at radius 1 is 1.11 bits per heavy atom. The third-order valence-electron chi connectivity index (χ3n) is 0. The van der Waals surface area contributed by atoms with E-state index in [-0.39, 0.29) is 91.0 Å². The van der Waals surface area contributed by atoms with Crippen LogP contribution in [0.1, 0.15) is 4.28 Å². The maximum absolute atomic E-state index is 8.88. The van der Waals surface area contributed by atoms with Gasteiger partial charge in [-0.25, -0.2) is 4.57 Å². The Labute approximate surface area is 116 Å². The van der Waals surface area contributed by atoms with Gasteiger partial charge >= 0.3 is 82.3 Å². The van der Waals surface area contributed by atoms with Crippen molar-refractivity contribution in [2.45, 2.75) is 0 Å². The fraction of sp³-hybridized carbons (Fsp3) is 0. The molecule has 0 saturated heterocycles. The quantitative estimate of drug-likeness (QED) is 0.200. The number of hydrogen-bond acceptors (Lipinski definition) is 3. The molecule has 0 atom stereocenters. The van der Waals surface area contributed by atoms with E-state index >= 15 is 0 Å². The van der Waals surface area contributed by atoms with Gasteiger partial charge in [0.1, 0.15) is 0 Å². The summed E-state index contributed by atoms with van der Waals surface area (Å²) in [6.07, 6.45) is 0. The van der Waals surface area contributed by atoms with Crippen LogP contribution in [0, 0.1) is 0 Å². The standard InChI is InChI=1S/K.Mg.2H3N.H3O4P.3H/c;;;;1-5(2,3)4;;;/h;;2*1H3;(H3,1,2,3,4);;;/q+1;+2;;;;3*-1. The van der Waals surface area contributed by atoms with Gasteiger partial charge in [0.15, 0.2) is 0 Å². The molecule has 0 heterocycles. The van der Waals surface area contributed by atoms with Crippen molar-refractivity contribution >= 4 is 30.9 Å². The SMILES string of the molecule is N.N.O=P(O)(O)O.[H-].[H-].[H-].[K+].[Mg+2]. The average Bonchev–Trinajstić information content (AvgIpc) is 0.722. The Kier molecular flexibility index (Phi) is 43.6. The summed E-state index contributed by atoms with van der Waals surface area (Å²) in [6, 6.07) is 0. The van der Waals surface area contributed by atoms with E-state index in [0.29, 0.717) is 0 Å². The Bertz CT molecular complexity index is 74.4. The summed E-state index contributed by atoms with van der Waals surface area (Å²) in [5, 5.41) is 0. The molecule has 0 aliphatic heterocycles. The van der Waals surface area contributed by atoms with Crippen LogP contribution in [0.25, 0.3) is 0 Å². The third kappa shape index (κ3) is 125. The van der Waals surface area contributed by atoms with Crippen LogP contribution in [0.5, 0.6) is 0 Å². The molecule has 0 aromatic rings. The van der Waals surface area contributed by atoms with Crippen molar-refractivity contribution in [2.24, 2.45) is 0 Å². The Morgan fingerprint density at radius 2 is 1.11 bits per heavy atom. The zero-order chi connectivity index (χ0) is 4.50. The molecule has 0 aliphatic carbocycles. The summed E-state index contributed by atoms with van der Waals surface area (Å²) >= 11 is 0. The summed E-state index contributed by atoms with van der Waals surface area (Å²) in [4.78, 5) is 21.6. The second-order valence-electron chi connectivity index (χ2n) is 0.513. The molecule has 9 N–H and O–H groups in total. The predicted octanol–water partition coefficient (Wildman–Crippen LogP) is -3.64. The number of phosphoric acid groups is 1. The van der Waals surface area contributed by atoms with Gasteiger partial charge in [0.05, 0.1) is 0 Å².